The number of carboxylic acid groups (broad SMARTS) is 1. The fourth-order valence-corrected chi connectivity index (χ4v) is 2.85. The van der Waals surface area contributed by atoms with Crippen LogP contribution in [-0.4, -0.2) is 33.7 Å². The van der Waals surface area contributed by atoms with Crippen LogP contribution in [0.15, 0.2) is 30.3 Å². The number of carbonyl (C=O) groups excluding carboxylic acids is 1. The van der Waals surface area contributed by atoms with Crippen molar-refractivity contribution in [3.63, 3.8) is 0 Å². The second-order valence-electron chi connectivity index (χ2n) is 5.19. The van der Waals surface area contributed by atoms with Gasteiger partial charge in [0.1, 0.15) is 6.04 Å². The summed E-state index contributed by atoms with van der Waals surface area (Å²) < 4.78 is 0. The molecule has 1 aromatic rings. The van der Waals surface area contributed by atoms with Crippen molar-refractivity contribution in [1.82, 2.24) is 4.90 Å². The fraction of sp³-hybridized carbons (Fsp3) is 0.467. The van der Waals surface area contributed by atoms with Crippen molar-refractivity contribution >= 4 is 24.5 Å². The highest BCUT2D eigenvalue weighted by Gasteiger charge is 2.42. The number of hydrogen-bond acceptors (Lipinski definition) is 3. The third-order valence-corrected chi connectivity index (χ3v) is 4.35. The van der Waals surface area contributed by atoms with E-state index >= 15 is 0 Å². The van der Waals surface area contributed by atoms with E-state index in [0.717, 1.165) is 5.56 Å². The molecule has 0 saturated carbocycles. The molecule has 1 amide bonds. The minimum absolute atomic E-state index is 0.126. The maximum atomic E-state index is 12.5. The first-order chi connectivity index (χ1) is 9.56. The molecule has 1 aliphatic rings. The smallest absolute Gasteiger partial charge is 0.326 e. The lowest BCUT2D eigenvalue weighted by Gasteiger charge is -2.30. The number of carboxylic acids is 1. The predicted octanol–water partition coefficient (Wildman–Crippen LogP) is 2.37. The first-order valence-corrected chi connectivity index (χ1v) is 7.40. The standard InChI is InChI=1S/C15H19NO3S/c1-10(9-20)14(17)16-12(7-8-13(16)15(18)19)11-5-3-2-4-6-11/h2-6,10,12-13,20H,7-9H2,1H3,(H,18,19)/t10-,12?,13?/m1/s1. The van der Waals surface area contributed by atoms with Gasteiger partial charge in [-0.15, -0.1) is 0 Å². The van der Waals surface area contributed by atoms with E-state index in [1.54, 1.807) is 11.8 Å². The molecule has 2 unspecified atom stereocenters. The molecule has 1 aliphatic heterocycles. The number of benzene rings is 1. The van der Waals surface area contributed by atoms with Gasteiger partial charge in [-0.2, -0.15) is 12.6 Å². The Balaban J connectivity index is 2.32. The Kier molecular flexibility index (Phi) is 4.70. The predicted molar refractivity (Wildman–Crippen MR) is 79.7 cm³/mol. The number of aliphatic carboxylic acids is 1. The van der Waals surface area contributed by atoms with E-state index in [4.69, 9.17) is 0 Å². The molecular formula is C15H19NO3S. The summed E-state index contributed by atoms with van der Waals surface area (Å²) in [4.78, 5) is 25.4. The van der Waals surface area contributed by atoms with Crippen LogP contribution in [0.4, 0.5) is 0 Å². The third-order valence-electron chi connectivity index (χ3n) is 3.80. The number of likely N-dealkylation sites (tertiary alicyclic amines) is 1. The fourth-order valence-electron chi connectivity index (χ4n) is 2.70. The summed E-state index contributed by atoms with van der Waals surface area (Å²) in [6, 6.07) is 8.75. The van der Waals surface area contributed by atoms with Crippen molar-refractivity contribution in [2.24, 2.45) is 5.92 Å². The minimum Gasteiger partial charge on any atom is -0.480 e. The van der Waals surface area contributed by atoms with Gasteiger partial charge in [-0.05, 0) is 18.4 Å². The number of thiol groups is 1. The molecule has 0 spiro atoms. The quantitative estimate of drug-likeness (QED) is 0.838. The van der Waals surface area contributed by atoms with Crippen LogP contribution in [0, 0.1) is 5.92 Å². The zero-order valence-electron chi connectivity index (χ0n) is 11.4. The summed E-state index contributed by atoms with van der Waals surface area (Å²) in [5.41, 5.74) is 0.996. The van der Waals surface area contributed by atoms with E-state index in [-0.39, 0.29) is 17.9 Å². The van der Waals surface area contributed by atoms with Gasteiger partial charge < -0.3 is 10.0 Å². The summed E-state index contributed by atoms with van der Waals surface area (Å²) in [5, 5.41) is 9.34. The van der Waals surface area contributed by atoms with Crippen LogP contribution in [0.2, 0.25) is 0 Å². The van der Waals surface area contributed by atoms with Gasteiger partial charge in [0, 0.05) is 11.7 Å². The van der Waals surface area contributed by atoms with Gasteiger partial charge >= 0.3 is 5.97 Å². The summed E-state index contributed by atoms with van der Waals surface area (Å²) in [6.07, 6.45) is 1.19. The van der Waals surface area contributed by atoms with E-state index < -0.39 is 12.0 Å². The topological polar surface area (TPSA) is 57.6 Å². The van der Waals surface area contributed by atoms with Gasteiger partial charge in [0.25, 0.3) is 0 Å². The maximum Gasteiger partial charge on any atom is 0.326 e. The van der Waals surface area contributed by atoms with Gasteiger partial charge in [-0.25, -0.2) is 4.79 Å². The summed E-state index contributed by atoms with van der Waals surface area (Å²) in [7, 11) is 0. The number of rotatable bonds is 4. The first kappa shape index (κ1) is 14.9. The molecule has 0 radical (unpaired) electrons. The average molecular weight is 293 g/mol. The Hall–Kier alpha value is -1.49. The van der Waals surface area contributed by atoms with Gasteiger partial charge in [0.2, 0.25) is 5.91 Å². The van der Waals surface area contributed by atoms with Crippen molar-refractivity contribution in [1.29, 1.82) is 0 Å². The number of hydrogen-bond donors (Lipinski definition) is 2. The molecule has 108 valence electrons. The van der Waals surface area contributed by atoms with E-state index in [2.05, 4.69) is 12.6 Å². The molecule has 3 atom stereocenters. The molecule has 0 aromatic heterocycles. The third kappa shape index (κ3) is 2.82. The Morgan fingerprint density at radius 2 is 2.00 bits per heavy atom. The van der Waals surface area contributed by atoms with Crippen molar-refractivity contribution in [2.75, 3.05) is 5.75 Å². The molecule has 4 nitrogen and oxygen atoms in total. The van der Waals surface area contributed by atoms with Crippen molar-refractivity contribution in [3.8, 4) is 0 Å². The Morgan fingerprint density at radius 1 is 1.35 bits per heavy atom. The Morgan fingerprint density at radius 3 is 2.55 bits per heavy atom. The second kappa shape index (κ2) is 6.31. The lowest BCUT2D eigenvalue weighted by atomic mass is 10.0. The average Bonchev–Trinajstić information content (AvgIpc) is 2.91. The van der Waals surface area contributed by atoms with Crippen LogP contribution in [0.25, 0.3) is 0 Å². The lowest BCUT2D eigenvalue weighted by Crippen LogP contribution is -2.44. The molecule has 1 fully saturated rings. The van der Waals surface area contributed by atoms with Gasteiger partial charge in [-0.3, -0.25) is 4.79 Å². The van der Waals surface area contributed by atoms with Crippen molar-refractivity contribution < 1.29 is 14.7 Å². The molecular weight excluding hydrogens is 274 g/mol. The molecule has 1 heterocycles. The van der Waals surface area contributed by atoms with Gasteiger partial charge in [-0.1, -0.05) is 37.3 Å². The van der Waals surface area contributed by atoms with Gasteiger partial charge in [0.15, 0.2) is 0 Å². The molecule has 0 aliphatic carbocycles. The van der Waals surface area contributed by atoms with Crippen LogP contribution >= 0.6 is 12.6 Å². The van der Waals surface area contributed by atoms with Crippen molar-refractivity contribution in [3.05, 3.63) is 35.9 Å². The van der Waals surface area contributed by atoms with E-state index in [1.165, 1.54) is 0 Å². The molecule has 20 heavy (non-hydrogen) atoms. The molecule has 0 bridgehead atoms. The largest absolute Gasteiger partial charge is 0.480 e. The highest BCUT2D eigenvalue weighted by Crippen LogP contribution is 2.37. The second-order valence-corrected chi connectivity index (χ2v) is 5.55. The number of carbonyl (C=O) groups is 2. The van der Waals surface area contributed by atoms with Crippen LogP contribution in [-0.2, 0) is 9.59 Å². The molecule has 1 N–H and O–H groups in total. The summed E-state index contributed by atoms with van der Waals surface area (Å²) in [5.74, 6) is -0.908. The number of nitrogens with zero attached hydrogens (tertiary/aromatic N) is 1. The Bertz CT molecular complexity index is 491. The molecule has 5 heteroatoms. The van der Waals surface area contributed by atoms with Gasteiger partial charge in [0.05, 0.1) is 6.04 Å². The van der Waals surface area contributed by atoms with Crippen LogP contribution in [0.3, 0.4) is 0 Å². The number of amides is 1. The SMILES string of the molecule is C[C@H](CS)C(=O)N1C(C(=O)O)CCC1c1ccccc1. The zero-order valence-corrected chi connectivity index (χ0v) is 12.3. The van der Waals surface area contributed by atoms with Crippen LogP contribution in [0.5, 0.6) is 0 Å². The van der Waals surface area contributed by atoms with E-state index in [1.807, 2.05) is 30.3 Å². The highest BCUT2D eigenvalue weighted by molar-refractivity contribution is 7.80. The molecule has 2 rings (SSSR count). The maximum absolute atomic E-state index is 12.5. The van der Waals surface area contributed by atoms with Crippen molar-refractivity contribution in [2.45, 2.75) is 31.8 Å². The molecule has 1 aromatic carbocycles. The normalized spacial score (nSPS) is 23.6. The monoisotopic (exact) mass is 293 g/mol. The van der Waals surface area contributed by atoms with Crippen LogP contribution < -0.4 is 0 Å². The van der Waals surface area contributed by atoms with E-state index in [0.29, 0.717) is 18.6 Å². The highest BCUT2D eigenvalue weighted by atomic mass is 32.1. The molecule has 1 saturated heterocycles. The summed E-state index contributed by atoms with van der Waals surface area (Å²) >= 11 is 4.15. The first-order valence-electron chi connectivity index (χ1n) is 6.77. The van der Waals surface area contributed by atoms with E-state index in [9.17, 15) is 14.7 Å². The van der Waals surface area contributed by atoms with Crippen LogP contribution in [0.1, 0.15) is 31.4 Å². The summed E-state index contributed by atoms with van der Waals surface area (Å²) in [6.45, 7) is 1.79. The minimum atomic E-state index is -0.928. The lowest BCUT2D eigenvalue weighted by molar-refractivity contribution is -0.151. The zero-order chi connectivity index (χ0) is 14.7. The Labute approximate surface area is 124 Å².